The molecule has 130 valence electrons. The second-order valence-electron chi connectivity index (χ2n) is 4.92. The summed E-state index contributed by atoms with van der Waals surface area (Å²) in [6.45, 7) is 0. The second kappa shape index (κ2) is 6.70. The standard InChI is InChI=1S/C15H17NO6S2/c1-21-14-9-4-11(10-15(14)22-2)16-24(19,20)13-7-5-12(6-8-13)23(3,17)18/h4-10,16H,1-3H3. The SMILES string of the molecule is COc1ccc(NS(=O)(=O)c2ccc(S(C)(=O)=O)cc2)cc1OC. The molecule has 0 aliphatic rings. The molecule has 0 radical (unpaired) electrons. The zero-order chi connectivity index (χ0) is 18.0. The highest BCUT2D eigenvalue weighted by molar-refractivity contribution is 7.92. The van der Waals surface area contributed by atoms with Crippen LogP contribution in [0.4, 0.5) is 5.69 Å². The fraction of sp³-hybridized carbons (Fsp3) is 0.200. The maximum absolute atomic E-state index is 12.4. The van der Waals surface area contributed by atoms with Gasteiger partial charge in [0.2, 0.25) is 0 Å². The first-order chi connectivity index (χ1) is 11.2. The van der Waals surface area contributed by atoms with Gasteiger partial charge in [0, 0.05) is 12.3 Å². The van der Waals surface area contributed by atoms with E-state index in [2.05, 4.69) is 4.72 Å². The number of hydrogen-bond acceptors (Lipinski definition) is 6. The zero-order valence-corrected chi connectivity index (χ0v) is 14.9. The van der Waals surface area contributed by atoms with Gasteiger partial charge in [-0.15, -0.1) is 0 Å². The summed E-state index contributed by atoms with van der Waals surface area (Å²) in [7, 11) is -4.33. The zero-order valence-electron chi connectivity index (χ0n) is 13.3. The number of nitrogens with one attached hydrogen (secondary N) is 1. The summed E-state index contributed by atoms with van der Waals surface area (Å²) in [5.41, 5.74) is 0.292. The van der Waals surface area contributed by atoms with Crippen molar-refractivity contribution >= 4 is 25.5 Å². The Morgan fingerprint density at radius 1 is 0.792 bits per heavy atom. The van der Waals surface area contributed by atoms with E-state index in [-0.39, 0.29) is 9.79 Å². The topological polar surface area (TPSA) is 98.8 Å². The molecule has 0 heterocycles. The average Bonchev–Trinajstić information content (AvgIpc) is 2.53. The fourth-order valence-electron chi connectivity index (χ4n) is 1.98. The third-order valence-electron chi connectivity index (χ3n) is 3.20. The minimum absolute atomic E-state index is 0.0487. The van der Waals surface area contributed by atoms with E-state index in [1.807, 2.05) is 0 Å². The minimum Gasteiger partial charge on any atom is -0.493 e. The van der Waals surface area contributed by atoms with E-state index >= 15 is 0 Å². The number of methoxy groups -OCH3 is 2. The van der Waals surface area contributed by atoms with Gasteiger partial charge in [0.05, 0.1) is 29.7 Å². The highest BCUT2D eigenvalue weighted by Crippen LogP contribution is 2.30. The Balaban J connectivity index is 2.31. The van der Waals surface area contributed by atoms with Crippen LogP contribution >= 0.6 is 0 Å². The van der Waals surface area contributed by atoms with Crippen LogP contribution in [0.2, 0.25) is 0 Å². The predicted molar refractivity (Wildman–Crippen MR) is 89.9 cm³/mol. The molecule has 0 unspecified atom stereocenters. The summed E-state index contributed by atoms with van der Waals surface area (Å²) in [5, 5.41) is 0. The number of ether oxygens (including phenoxy) is 2. The number of rotatable bonds is 6. The molecule has 0 aliphatic carbocycles. The number of benzene rings is 2. The van der Waals surface area contributed by atoms with Crippen LogP contribution in [0.15, 0.2) is 52.3 Å². The molecular formula is C15H17NO6S2. The lowest BCUT2D eigenvalue weighted by molar-refractivity contribution is 0.355. The van der Waals surface area contributed by atoms with Crippen LogP contribution in [-0.2, 0) is 19.9 Å². The molecule has 0 spiro atoms. The second-order valence-corrected chi connectivity index (χ2v) is 8.62. The van der Waals surface area contributed by atoms with Gasteiger partial charge < -0.3 is 9.47 Å². The van der Waals surface area contributed by atoms with Gasteiger partial charge >= 0.3 is 0 Å². The van der Waals surface area contributed by atoms with Gasteiger partial charge in [-0.3, -0.25) is 4.72 Å². The molecule has 0 bridgehead atoms. The van der Waals surface area contributed by atoms with E-state index in [0.717, 1.165) is 6.26 Å². The molecule has 24 heavy (non-hydrogen) atoms. The van der Waals surface area contributed by atoms with Crippen LogP contribution in [0, 0.1) is 0 Å². The molecule has 0 saturated carbocycles. The van der Waals surface area contributed by atoms with Crippen molar-refractivity contribution in [3.63, 3.8) is 0 Å². The van der Waals surface area contributed by atoms with Crippen LogP contribution in [0.3, 0.4) is 0 Å². The first-order valence-electron chi connectivity index (χ1n) is 6.72. The van der Waals surface area contributed by atoms with Gasteiger partial charge in [-0.2, -0.15) is 0 Å². The van der Waals surface area contributed by atoms with Crippen molar-refractivity contribution in [1.82, 2.24) is 0 Å². The van der Waals surface area contributed by atoms with Crippen molar-refractivity contribution in [3.05, 3.63) is 42.5 Å². The Morgan fingerprint density at radius 3 is 1.83 bits per heavy atom. The molecule has 9 heteroatoms. The van der Waals surface area contributed by atoms with Crippen molar-refractivity contribution in [1.29, 1.82) is 0 Å². The summed E-state index contributed by atoms with van der Waals surface area (Å²) in [6, 6.07) is 9.56. The molecule has 0 aliphatic heterocycles. The molecular weight excluding hydrogens is 354 g/mol. The lowest BCUT2D eigenvalue weighted by atomic mass is 10.3. The molecule has 7 nitrogen and oxygen atoms in total. The van der Waals surface area contributed by atoms with Crippen LogP contribution in [0.25, 0.3) is 0 Å². The summed E-state index contributed by atoms with van der Waals surface area (Å²) < 4.78 is 60.2. The maximum atomic E-state index is 12.4. The van der Waals surface area contributed by atoms with Crippen LogP contribution in [-0.4, -0.2) is 37.3 Å². The maximum Gasteiger partial charge on any atom is 0.261 e. The highest BCUT2D eigenvalue weighted by atomic mass is 32.2. The Labute approximate surface area is 141 Å². The monoisotopic (exact) mass is 371 g/mol. The molecule has 0 amide bonds. The number of anilines is 1. The third kappa shape index (κ3) is 3.98. The Kier molecular flexibility index (Phi) is 5.05. The lowest BCUT2D eigenvalue weighted by Gasteiger charge is -2.12. The smallest absolute Gasteiger partial charge is 0.261 e. The average molecular weight is 371 g/mol. The van der Waals surface area contributed by atoms with Gasteiger partial charge in [-0.25, -0.2) is 16.8 Å². The molecule has 1 N–H and O–H groups in total. The van der Waals surface area contributed by atoms with Crippen LogP contribution < -0.4 is 14.2 Å². The van der Waals surface area contributed by atoms with E-state index in [9.17, 15) is 16.8 Å². The number of sulfonamides is 1. The van der Waals surface area contributed by atoms with E-state index in [4.69, 9.17) is 9.47 Å². The van der Waals surface area contributed by atoms with Crippen LogP contribution in [0.5, 0.6) is 11.5 Å². The summed E-state index contributed by atoms with van der Waals surface area (Å²) in [5.74, 6) is 0.850. The van der Waals surface area contributed by atoms with Gasteiger partial charge in [0.1, 0.15) is 0 Å². The summed E-state index contributed by atoms with van der Waals surface area (Å²) in [4.78, 5) is -0.00254. The largest absolute Gasteiger partial charge is 0.493 e. The predicted octanol–water partition coefficient (Wildman–Crippen LogP) is 1.91. The molecule has 2 aromatic carbocycles. The molecule has 2 rings (SSSR count). The molecule has 0 saturated heterocycles. The lowest BCUT2D eigenvalue weighted by Crippen LogP contribution is -2.13. The van der Waals surface area contributed by atoms with Crippen molar-refractivity contribution < 1.29 is 26.3 Å². The van der Waals surface area contributed by atoms with E-state index in [0.29, 0.717) is 17.2 Å². The summed E-state index contributed by atoms with van der Waals surface area (Å²) >= 11 is 0. The summed E-state index contributed by atoms with van der Waals surface area (Å²) in [6.07, 6.45) is 1.05. The Hall–Kier alpha value is -2.26. The van der Waals surface area contributed by atoms with Gasteiger partial charge in [0.15, 0.2) is 21.3 Å². The van der Waals surface area contributed by atoms with Crippen molar-refractivity contribution in [2.75, 3.05) is 25.2 Å². The normalized spacial score (nSPS) is 11.8. The van der Waals surface area contributed by atoms with Gasteiger partial charge in [0.25, 0.3) is 10.0 Å². The third-order valence-corrected chi connectivity index (χ3v) is 5.72. The minimum atomic E-state index is -3.86. The Morgan fingerprint density at radius 2 is 1.33 bits per heavy atom. The van der Waals surface area contributed by atoms with Crippen LogP contribution in [0.1, 0.15) is 0 Å². The van der Waals surface area contributed by atoms with Crippen molar-refractivity contribution in [3.8, 4) is 11.5 Å². The highest BCUT2D eigenvalue weighted by Gasteiger charge is 2.17. The number of sulfone groups is 1. The fourth-order valence-corrected chi connectivity index (χ4v) is 3.66. The first-order valence-corrected chi connectivity index (χ1v) is 10.1. The van der Waals surface area contributed by atoms with E-state index in [1.54, 1.807) is 6.07 Å². The molecule has 2 aromatic rings. The van der Waals surface area contributed by atoms with E-state index in [1.165, 1.54) is 50.6 Å². The first kappa shape index (κ1) is 18.1. The quantitative estimate of drug-likeness (QED) is 0.833. The van der Waals surface area contributed by atoms with E-state index < -0.39 is 19.9 Å². The number of hydrogen-bond donors (Lipinski definition) is 1. The molecule has 0 aromatic heterocycles. The van der Waals surface area contributed by atoms with Gasteiger partial charge in [-0.1, -0.05) is 0 Å². The van der Waals surface area contributed by atoms with Gasteiger partial charge in [-0.05, 0) is 36.4 Å². The Bertz CT molecular complexity index is 934. The molecule has 0 fully saturated rings. The van der Waals surface area contributed by atoms with Crippen molar-refractivity contribution in [2.24, 2.45) is 0 Å². The molecule has 0 atom stereocenters. The van der Waals surface area contributed by atoms with Crippen molar-refractivity contribution in [2.45, 2.75) is 9.79 Å².